The number of H-pyrrole nitrogens is 1. The quantitative estimate of drug-likeness (QED) is 0.765. The molecule has 1 saturated carbocycles. The number of hydrogen-bond donors (Lipinski definition) is 3. The summed E-state index contributed by atoms with van der Waals surface area (Å²) in [4.78, 5) is 25.9. The van der Waals surface area contributed by atoms with Crippen LogP contribution in [0, 0.1) is 0 Å². The van der Waals surface area contributed by atoms with Crippen molar-refractivity contribution >= 4 is 11.5 Å². The Morgan fingerprint density at radius 1 is 1.32 bits per heavy atom. The maximum Gasteiger partial charge on any atom is 0.330 e. The Labute approximate surface area is 112 Å². The Hall–Kier alpha value is -1.72. The Morgan fingerprint density at radius 3 is 2.63 bits per heavy atom. The minimum atomic E-state index is -0.432. The number of nitrogen functional groups attached to an aromatic ring is 1. The predicted octanol–water partition coefficient (Wildman–Crippen LogP) is 1.27. The van der Waals surface area contributed by atoms with Crippen molar-refractivity contribution < 1.29 is 0 Å². The summed E-state index contributed by atoms with van der Waals surface area (Å²) in [6.45, 7) is 2.48. The van der Waals surface area contributed by atoms with Crippen molar-refractivity contribution in [3.8, 4) is 0 Å². The van der Waals surface area contributed by atoms with Crippen LogP contribution in [0.3, 0.4) is 0 Å². The lowest BCUT2D eigenvalue weighted by Gasteiger charge is -2.24. The van der Waals surface area contributed by atoms with Crippen LogP contribution in [0.4, 0.5) is 11.5 Å². The van der Waals surface area contributed by atoms with Crippen LogP contribution < -0.4 is 22.3 Å². The molecule has 1 aromatic heterocycles. The summed E-state index contributed by atoms with van der Waals surface area (Å²) in [5, 5.41) is 3.21. The lowest BCUT2D eigenvalue weighted by Crippen LogP contribution is -2.36. The molecule has 2 rings (SSSR count). The zero-order chi connectivity index (χ0) is 13.8. The summed E-state index contributed by atoms with van der Waals surface area (Å²) in [7, 11) is 0. The van der Waals surface area contributed by atoms with Gasteiger partial charge >= 0.3 is 5.69 Å². The van der Waals surface area contributed by atoms with Gasteiger partial charge in [0.1, 0.15) is 11.5 Å². The molecule has 1 fully saturated rings. The van der Waals surface area contributed by atoms with E-state index in [9.17, 15) is 9.59 Å². The van der Waals surface area contributed by atoms with Crippen LogP contribution in [0.15, 0.2) is 9.59 Å². The van der Waals surface area contributed by atoms with Crippen LogP contribution in [0.25, 0.3) is 0 Å². The molecule has 0 aliphatic heterocycles. The number of anilines is 2. The van der Waals surface area contributed by atoms with Gasteiger partial charge in [0.15, 0.2) is 0 Å². The third kappa shape index (κ3) is 3.00. The molecule has 6 nitrogen and oxygen atoms in total. The van der Waals surface area contributed by atoms with E-state index in [4.69, 9.17) is 5.73 Å². The second-order valence-corrected chi connectivity index (χ2v) is 5.15. The van der Waals surface area contributed by atoms with Crippen molar-refractivity contribution in [2.45, 2.75) is 58.0 Å². The smallest absolute Gasteiger partial charge is 0.330 e. The van der Waals surface area contributed by atoms with Crippen molar-refractivity contribution in [3.63, 3.8) is 0 Å². The third-order valence-corrected chi connectivity index (χ3v) is 3.64. The summed E-state index contributed by atoms with van der Waals surface area (Å²) in [5.41, 5.74) is 5.47. The minimum absolute atomic E-state index is 0.251. The lowest BCUT2D eigenvalue weighted by atomic mass is 9.95. The fourth-order valence-corrected chi connectivity index (χ4v) is 2.62. The number of rotatable bonds is 4. The van der Waals surface area contributed by atoms with Gasteiger partial charge in [-0.1, -0.05) is 26.2 Å². The van der Waals surface area contributed by atoms with E-state index in [-0.39, 0.29) is 11.9 Å². The summed E-state index contributed by atoms with van der Waals surface area (Å²) in [6.07, 6.45) is 6.48. The van der Waals surface area contributed by atoms with Crippen LogP contribution in [0.1, 0.15) is 45.4 Å². The summed E-state index contributed by atoms with van der Waals surface area (Å²) >= 11 is 0. The molecule has 4 N–H and O–H groups in total. The van der Waals surface area contributed by atoms with E-state index in [1.807, 2.05) is 6.92 Å². The maximum absolute atomic E-state index is 11.9. The summed E-state index contributed by atoms with van der Waals surface area (Å²) < 4.78 is 1.42. The first-order valence-electron chi connectivity index (χ1n) is 7.02. The molecular weight excluding hydrogens is 244 g/mol. The molecule has 106 valence electrons. The Morgan fingerprint density at radius 2 is 2.00 bits per heavy atom. The van der Waals surface area contributed by atoms with Crippen molar-refractivity contribution in [1.82, 2.24) is 9.55 Å². The lowest BCUT2D eigenvalue weighted by molar-refractivity contribution is 0.462. The molecule has 0 unspecified atom stereocenters. The highest BCUT2D eigenvalue weighted by molar-refractivity contribution is 5.60. The second kappa shape index (κ2) is 5.95. The zero-order valence-corrected chi connectivity index (χ0v) is 11.4. The van der Waals surface area contributed by atoms with Crippen molar-refractivity contribution in [1.29, 1.82) is 0 Å². The second-order valence-electron chi connectivity index (χ2n) is 5.15. The van der Waals surface area contributed by atoms with Crippen molar-refractivity contribution in [3.05, 3.63) is 20.8 Å². The predicted molar refractivity (Wildman–Crippen MR) is 76.5 cm³/mol. The van der Waals surface area contributed by atoms with E-state index in [1.54, 1.807) is 0 Å². The van der Waals surface area contributed by atoms with E-state index < -0.39 is 11.2 Å². The first-order valence-corrected chi connectivity index (χ1v) is 7.02. The van der Waals surface area contributed by atoms with Gasteiger partial charge < -0.3 is 11.1 Å². The molecule has 1 aliphatic carbocycles. The molecule has 1 aliphatic rings. The van der Waals surface area contributed by atoms with Gasteiger partial charge in [-0.2, -0.15) is 0 Å². The fraction of sp³-hybridized carbons (Fsp3) is 0.692. The van der Waals surface area contributed by atoms with E-state index in [1.165, 1.54) is 23.8 Å². The van der Waals surface area contributed by atoms with Crippen LogP contribution in [-0.4, -0.2) is 15.6 Å². The Bertz CT molecular complexity index is 541. The Balaban J connectivity index is 2.30. The topological polar surface area (TPSA) is 92.9 Å². The first kappa shape index (κ1) is 13.7. The van der Waals surface area contributed by atoms with Gasteiger partial charge in [-0.3, -0.25) is 14.3 Å². The van der Waals surface area contributed by atoms with Gasteiger partial charge in [0.2, 0.25) is 0 Å². The molecule has 0 atom stereocenters. The normalized spacial score (nSPS) is 16.5. The highest BCUT2D eigenvalue weighted by Crippen LogP contribution is 2.22. The standard InChI is InChI=1S/C13H22N4O2/c1-2-8-17-11(14)10(12(18)16-13(17)19)15-9-6-4-3-5-7-9/h9,15H,2-8,14H2,1H3,(H,16,18,19). The van der Waals surface area contributed by atoms with Gasteiger partial charge in [0, 0.05) is 12.6 Å². The fourth-order valence-electron chi connectivity index (χ4n) is 2.62. The molecule has 0 saturated heterocycles. The maximum atomic E-state index is 11.9. The minimum Gasteiger partial charge on any atom is -0.383 e. The van der Waals surface area contributed by atoms with Gasteiger partial charge in [-0.25, -0.2) is 4.79 Å². The average molecular weight is 266 g/mol. The number of nitrogens with two attached hydrogens (primary N) is 1. The van der Waals surface area contributed by atoms with Crippen molar-refractivity contribution in [2.24, 2.45) is 0 Å². The van der Waals surface area contributed by atoms with Gasteiger partial charge in [0.05, 0.1) is 0 Å². The van der Waals surface area contributed by atoms with Gasteiger partial charge in [-0.15, -0.1) is 0 Å². The number of nitrogens with zero attached hydrogens (tertiary/aromatic N) is 1. The molecule has 0 amide bonds. The third-order valence-electron chi connectivity index (χ3n) is 3.64. The molecule has 0 bridgehead atoms. The SMILES string of the molecule is CCCn1c(N)c(NC2CCCCC2)c(=O)[nH]c1=O. The van der Waals surface area contributed by atoms with Crippen LogP contribution in [-0.2, 0) is 6.54 Å². The van der Waals surface area contributed by atoms with E-state index in [0.29, 0.717) is 12.2 Å². The largest absolute Gasteiger partial charge is 0.383 e. The van der Waals surface area contributed by atoms with E-state index in [2.05, 4.69) is 10.3 Å². The van der Waals surface area contributed by atoms with Gasteiger partial charge in [0.25, 0.3) is 5.56 Å². The highest BCUT2D eigenvalue weighted by atomic mass is 16.2. The number of nitrogens with one attached hydrogen (secondary N) is 2. The molecule has 6 heteroatoms. The molecule has 19 heavy (non-hydrogen) atoms. The van der Waals surface area contributed by atoms with Gasteiger partial charge in [-0.05, 0) is 19.3 Å². The van der Waals surface area contributed by atoms with E-state index >= 15 is 0 Å². The monoisotopic (exact) mass is 266 g/mol. The number of hydrogen-bond acceptors (Lipinski definition) is 4. The van der Waals surface area contributed by atoms with Crippen molar-refractivity contribution in [2.75, 3.05) is 11.1 Å². The zero-order valence-electron chi connectivity index (χ0n) is 11.4. The molecular formula is C13H22N4O2. The molecule has 0 spiro atoms. The highest BCUT2D eigenvalue weighted by Gasteiger charge is 2.18. The summed E-state index contributed by atoms with van der Waals surface area (Å²) in [5.74, 6) is 0.251. The molecule has 1 heterocycles. The van der Waals surface area contributed by atoms with Crippen LogP contribution in [0.5, 0.6) is 0 Å². The number of aromatic amines is 1. The Kier molecular flexibility index (Phi) is 4.29. The van der Waals surface area contributed by atoms with Crippen LogP contribution >= 0.6 is 0 Å². The molecule has 0 aromatic carbocycles. The first-order chi connectivity index (χ1) is 9.13. The van der Waals surface area contributed by atoms with Crippen LogP contribution in [0.2, 0.25) is 0 Å². The molecule has 0 radical (unpaired) electrons. The number of aromatic nitrogens is 2. The molecule has 1 aromatic rings. The van der Waals surface area contributed by atoms with E-state index in [0.717, 1.165) is 19.3 Å². The average Bonchev–Trinajstić information content (AvgIpc) is 2.41. The summed E-state index contributed by atoms with van der Waals surface area (Å²) in [6, 6.07) is 0.282.